The number of sulfonamides is 1. The van der Waals surface area contributed by atoms with Gasteiger partial charge in [-0.1, -0.05) is 12.2 Å². The number of rotatable bonds is 6. The molecule has 82 valence electrons. The minimum atomic E-state index is -3.45. The number of carbonyl (C=O) groups is 1. The molecule has 0 aromatic heterocycles. The smallest absolute Gasteiger partial charge is 0.218 e. The van der Waals surface area contributed by atoms with Crippen molar-refractivity contribution in [1.29, 1.82) is 0 Å². The third-order valence-corrected chi connectivity index (χ3v) is 2.82. The Kier molecular flexibility index (Phi) is 5.58. The van der Waals surface area contributed by atoms with Gasteiger partial charge in [0.1, 0.15) is 5.75 Å². The third kappa shape index (κ3) is 7.90. The fraction of sp³-hybridized carbons (Fsp3) is 0.667. The molecule has 0 saturated heterocycles. The maximum Gasteiger partial charge on any atom is 0.218 e. The summed E-state index contributed by atoms with van der Waals surface area (Å²) in [6.45, 7) is 1.72. The molecule has 0 aromatic carbocycles. The van der Waals surface area contributed by atoms with Crippen LogP contribution in [0.3, 0.4) is 0 Å². The summed E-state index contributed by atoms with van der Waals surface area (Å²) in [5.41, 5.74) is 5.07. The molecule has 8 heteroatoms. The molecule has 0 fully saturated rings. The number of nitrogens with two attached hydrogens (primary N) is 1. The van der Waals surface area contributed by atoms with Crippen LogP contribution < -0.4 is 15.8 Å². The summed E-state index contributed by atoms with van der Waals surface area (Å²) < 4.78 is 24.4. The van der Waals surface area contributed by atoms with Crippen molar-refractivity contribution >= 4 is 33.1 Å². The zero-order chi connectivity index (χ0) is 11.2. The second-order valence-electron chi connectivity index (χ2n) is 2.60. The summed E-state index contributed by atoms with van der Waals surface area (Å²) in [6, 6.07) is 0. The lowest BCUT2D eigenvalue weighted by Gasteiger charge is -2.05. The van der Waals surface area contributed by atoms with E-state index in [9.17, 15) is 13.2 Å². The van der Waals surface area contributed by atoms with E-state index in [2.05, 4.69) is 22.3 Å². The molecule has 0 spiro atoms. The Morgan fingerprint density at radius 3 is 2.43 bits per heavy atom. The normalized spacial score (nSPS) is 10.9. The van der Waals surface area contributed by atoms with E-state index in [-0.39, 0.29) is 29.7 Å². The van der Waals surface area contributed by atoms with Gasteiger partial charge < -0.3 is 11.1 Å². The molecule has 4 N–H and O–H groups in total. The van der Waals surface area contributed by atoms with Gasteiger partial charge in [0.25, 0.3) is 0 Å². The molecule has 0 heterocycles. The number of hydrogen-bond acceptors (Lipinski definition) is 4. The van der Waals surface area contributed by atoms with Crippen LogP contribution in [0.1, 0.15) is 6.92 Å². The van der Waals surface area contributed by atoms with Gasteiger partial charge in [-0.2, -0.15) is 0 Å². The molecule has 14 heavy (non-hydrogen) atoms. The van der Waals surface area contributed by atoms with E-state index in [1.54, 1.807) is 0 Å². The van der Waals surface area contributed by atoms with Crippen LogP contribution in [0.2, 0.25) is 0 Å². The van der Waals surface area contributed by atoms with Crippen molar-refractivity contribution in [2.24, 2.45) is 5.73 Å². The van der Waals surface area contributed by atoms with E-state index in [4.69, 9.17) is 5.73 Å². The van der Waals surface area contributed by atoms with Gasteiger partial charge in [0, 0.05) is 20.0 Å². The Labute approximate surface area is 88.3 Å². The number of carbonyl (C=O) groups excluding carboxylic acids is 1. The molecule has 0 atom stereocenters. The van der Waals surface area contributed by atoms with Gasteiger partial charge in [-0.3, -0.25) is 4.79 Å². The van der Waals surface area contributed by atoms with E-state index in [1.807, 2.05) is 0 Å². The van der Waals surface area contributed by atoms with Crippen molar-refractivity contribution in [3.05, 3.63) is 0 Å². The molecule has 0 unspecified atom stereocenters. The highest BCUT2D eigenvalue weighted by Crippen LogP contribution is 1.82. The first-order valence-electron chi connectivity index (χ1n) is 3.83. The Morgan fingerprint density at radius 2 is 2.00 bits per heavy atom. The number of amides is 1. The number of hydrogen-bond donors (Lipinski definition) is 3. The van der Waals surface area contributed by atoms with Crippen molar-refractivity contribution in [3.63, 3.8) is 0 Å². The molecule has 0 aromatic rings. The van der Waals surface area contributed by atoms with Gasteiger partial charge in [0.05, 0.1) is 4.99 Å². The second-order valence-corrected chi connectivity index (χ2v) is 4.93. The van der Waals surface area contributed by atoms with Gasteiger partial charge in [-0.25, -0.2) is 13.1 Å². The molecular weight excluding hydrogens is 226 g/mol. The van der Waals surface area contributed by atoms with Crippen LogP contribution in [-0.4, -0.2) is 38.2 Å². The zero-order valence-electron chi connectivity index (χ0n) is 7.74. The molecule has 0 bridgehead atoms. The highest BCUT2D eigenvalue weighted by Gasteiger charge is 2.10. The highest BCUT2D eigenvalue weighted by atomic mass is 32.2. The van der Waals surface area contributed by atoms with Gasteiger partial charge >= 0.3 is 0 Å². The fourth-order valence-electron chi connectivity index (χ4n) is 0.683. The summed E-state index contributed by atoms with van der Waals surface area (Å²) in [5, 5.41) is 2.44. The van der Waals surface area contributed by atoms with Crippen molar-refractivity contribution in [1.82, 2.24) is 10.0 Å². The van der Waals surface area contributed by atoms with Crippen LogP contribution in [0.15, 0.2) is 0 Å². The first-order valence-corrected chi connectivity index (χ1v) is 5.89. The average molecular weight is 239 g/mol. The van der Waals surface area contributed by atoms with Crippen LogP contribution in [0.25, 0.3) is 0 Å². The Balaban J connectivity index is 3.78. The predicted molar refractivity (Wildman–Crippen MR) is 57.3 cm³/mol. The largest absolute Gasteiger partial charge is 0.392 e. The van der Waals surface area contributed by atoms with Crippen LogP contribution in [0.4, 0.5) is 0 Å². The van der Waals surface area contributed by atoms with Crippen molar-refractivity contribution < 1.29 is 13.2 Å². The minimum Gasteiger partial charge on any atom is -0.392 e. The fourth-order valence-corrected chi connectivity index (χ4v) is 2.04. The first kappa shape index (κ1) is 13.3. The highest BCUT2D eigenvalue weighted by molar-refractivity contribution is 7.92. The van der Waals surface area contributed by atoms with Gasteiger partial charge in [-0.05, 0) is 0 Å². The Bertz CT molecular complexity index is 312. The molecular formula is C6H13N3O3S2. The standard InChI is InChI=1S/C6H13N3O3S2/c1-5(10)8-2-3-9-14(11,12)4-6(7)13/h9H,2-4H2,1H3,(H2,7,13)(H,8,10). The van der Waals surface area contributed by atoms with E-state index in [0.29, 0.717) is 0 Å². The van der Waals surface area contributed by atoms with Crippen LogP contribution in [-0.2, 0) is 14.8 Å². The van der Waals surface area contributed by atoms with E-state index >= 15 is 0 Å². The monoisotopic (exact) mass is 239 g/mol. The van der Waals surface area contributed by atoms with Crippen molar-refractivity contribution in [2.45, 2.75) is 6.92 Å². The quantitative estimate of drug-likeness (QED) is 0.380. The minimum absolute atomic E-state index is 0.0861. The van der Waals surface area contributed by atoms with Crippen LogP contribution in [0, 0.1) is 0 Å². The maximum absolute atomic E-state index is 11.1. The topological polar surface area (TPSA) is 101 Å². The predicted octanol–water partition coefficient (Wildman–Crippen LogP) is -1.67. The summed E-state index contributed by atoms with van der Waals surface area (Å²) >= 11 is 4.45. The third-order valence-electron chi connectivity index (χ3n) is 1.15. The molecule has 0 aliphatic heterocycles. The number of nitrogens with one attached hydrogen (secondary N) is 2. The van der Waals surface area contributed by atoms with Crippen molar-refractivity contribution in [2.75, 3.05) is 18.8 Å². The SMILES string of the molecule is CC(=O)NCCNS(=O)(=O)CC(N)=S. The summed E-state index contributed by atoms with van der Waals surface area (Å²) in [6.07, 6.45) is 0. The van der Waals surface area contributed by atoms with Crippen LogP contribution in [0.5, 0.6) is 0 Å². The van der Waals surface area contributed by atoms with Gasteiger partial charge in [-0.15, -0.1) is 0 Å². The van der Waals surface area contributed by atoms with Crippen LogP contribution >= 0.6 is 12.2 Å². The molecule has 0 rings (SSSR count). The van der Waals surface area contributed by atoms with E-state index in [1.165, 1.54) is 6.92 Å². The lowest BCUT2D eigenvalue weighted by molar-refractivity contribution is -0.118. The van der Waals surface area contributed by atoms with Gasteiger partial charge in [0.2, 0.25) is 15.9 Å². The molecule has 1 amide bonds. The molecule has 0 aliphatic carbocycles. The van der Waals surface area contributed by atoms with E-state index in [0.717, 1.165) is 0 Å². The molecule has 0 saturated carbocycles. The Hall–Kier alpha value is -0.730. The Morgan fingerprint density at radius 1 is 1.43 bits per heavy atom. The summed E-state index contributed by atoms with van der Waals surface area (Å²) in [4.78, 5) is 10.3. The average Bonchev–Trinajstić information content (AvgIpc) is 1.95. The maximum atomic E-state index is 11.1. The summed E-state index contributed by atoms with van der Waals surface area (Å²) in [5.74, 6) is -0.582. The van der Waals surface area contributed by atoms with Crippen molar-refractivity contribution in [3.8, 4) is 0 Å². The second kappa shape index (κ2) is 5.89. The lowest BCUT2D eigenvalue weighted by atomic mass is 10.6. The molecule has 0 radical (unpaired) electrons. The van der Waals surface area contributed by atoms with E-state index < -0.39 is 10.0 Å². The summed E-state index contributed by atoms with van der Waals surface area (Å²) in [7, 11) is -3.45. The lowest BCUT2D eigenvalue weighted by Crippen LogP contribution is -2.37. The molecule has 0 aliphatic rings. The first-order chi connectivity index (χ1) is 6.33. The number of thiocarbonyl (C=S) groups is 1. The zero-order valence-corrected chi connectivity index (χ0v) is 9.37. The molecule has 6 nitrogen and oxygen atoms in total. The van der Waals surface area contributed by atoms with Gasteiger partial charge in [0.15, 0.2) is 0 Å².